The van der Waals surface area contributed by atoms with Crippen molar-refractivity contribution in [1.82, 2.24) is 29.6 Å². The van der Waals surface area contributed by atoms with E-state index in [1.165, 1.54) is 6.08 Å². The van der Waals surface area contributed by atoms with Crippen molar-refractivity contribution in [2.45, 2.75) is 52.6 Å². The number of nitrogens with zero attached hydrogens (tertiary/aromatic N) is 6. The molecule has 1 saturated heterocycles. The van der Waals surface area contributed by atoms with Crippen LogP contribution in [0, 0.1) is 19.7 Å². The van der Waals surface area contributed by atoms with E-state index in [-0.39, 0.29) is 29.6 Å². The lowest BCUT2D eigenvalue weighted by Gasteiger charge is -2.45. The van der Waals surface area contributed by atoms with Crippen LogP contribution in [0.25, 0.3) is 38.6 Å². The smallest absolute Gasteiger partial charge is 0.354 e. The highest BCUT2D eigenvalue weighted by Gasteiger charge is 2.39. The van der Waals surface area contributed by atoms with Crippen LogP contribution in [0.2, 0.25) is 0 Å². The number of rotatable bonds is 4. The van der Waals surface area contributed by atoms with Crippen LogP contribution in [0.1, 0.15) is 43.5 Å². The summed E-state index contributed by atoms with van der Waals surface area (Å²) in [5.74, 6) is -0.184. The molecule has 2 unspecified atom stereocenters. The highest BCUT2D eigenvalue weighted by atomic mass is 19.1. The molecule has 230 valence electrons. The quantitative estimate of drug-likeness (QED) is 0.270. The molecule has 0 radical (unpaired) electrons. The zero-order valence-electron chi connectivity index (χ0n) is 26.0. The van der Waals surface area contributed by atoms with Crippen molar-refractivity contribution < 1.29 is 9.18 Å². The predicted octanol–water partition coefficient (Wildman–Crippen LogP) is 5.22. The van der Waals surface area contributed by atoms with Gasteiger partial charge in [-0.3, -0.25) is 19.4 Å². The van der Waals surface area contributed by atoms with E-state index >= 15 is 4.39 Å². The third kappa shape index (κ3) is 4.32. The molecule has 45 heavy (non-hydrogen) atoms. The number of fused-ring (bicyclic) bond motifs is 3. The summed E-state index contributed by atoms with van der Waals surface area (Å²) < 4.78 is 18.7. The molecule has 2 aliphatic heterocycles. The predicted molar refractivity (Wildman–Crippen MR) is 175 cm³/mol. The molecule has 7 rings (SSSR count). The Morgan fingerprint density at radius 1 is 1.18 bits per heavy atom. The maximum atomic E-state index is 17.1. The summed E-state index contributed by atoms with van der Waals surface area (Å²) in [5.41, 5.74) is 5.28. The number of carbonyl (C=O) groups excluding carboxylic acids is 1. The van der Waals surface area contributed by atoms with E-state index in [4.69, 9.17) is 0 Å². The Morgan fingerprint density at radius 2 is 1.98 bits per heavy atom. The number of piperazine rings is 1. The van der Waals surface area contributed by atoms with Crippen LogP contribution in [0.5, 0.6) is 0 Å². The van der Waals surface area contributed by atoms with Crippen LogP contribution in [0.15, 0.2) is 54.1 Å². The number of benzene rings is 2. The van der Waals surface area contributed by atoms with Crippen LogP contribution in [0.4, 0.5) is 15.9 Å². The molecule has 0 spiro atoms. The van der Waals surface area contributed by atoms with Crippen LogP contribution < -0.4 is 15.9 Å². The molecule has 1 amide bonds. The van der Waals surface area contributed by atoms with E-state index in [0.717, 1.165) is 27.7 Å². The number of anilines is 2. The number of aryl methyl sites for hydroxylation is 2. The summed E-state index contributed by atoms with van der Waals surface area (Å²) in [6.45, 7) is 14.7. The molecule has 3 aromatic heterocycles. The molecule has 0 saturated carbocycles. The average Bonchev–Trinajstić information content (AvgIpc) is 3.43. The highest BCUT2D eigenvalue weighted by Crippen LogP contribution is 2.44. The molecule has 0 aliphatic carbocycles. The lowest BCUT2D eigenvalue weighted by molar-refractivity contribution is -0.128. The van der Waals surface area contributed by atoms with Gasteiger partial charge in [0.1, 0.15) is 5.82 Å². The van der Waals surface area contributed by atoms with Gasteiger partial charge in [-0.2, -0.15) is 10.1 Å². The molecule has 11 heteroatoms. The van der Waals surface area contributed by atoms with Crippen LogP contribution in [-0.2, 0) is 4.79 Å². The first-order chi connectivity index (χ1) is 21.6. The van der Waals surface area contributed by atoms with Crippen LogP contribution >= 0.6 is 0 Å². The number of aromatic nitrogens is 5. The van der Waals surface area contributed by atoms with Crippen molar-refractivity contribution in [2.75, 3.05) is 29.9 Å². The van der Waals surface area contributed by atoms with E-state index in [0.29, 0.717) is 53.2 Å². The molecule has 1 fully saturated rings. The Kier molecular flexibility index (Phi) is 6.72. The lowest BCUT2D eigenvalue weighted by Crippen LogP contribution is -2.60. The van der Waals surface area contributed by atoms with Gasteiger partial charge in [-0.15, -0.1) is 0 Å². The average molecular weight is 607 g/mol. The number of hydrogen-bond acceptors (Lipinski definition) is 7. The van der Waals surface area contributed by atoms with Gasteiger partial charge in [-0.1, -0.05) is 26.5 Å². The number of hydrogen-bond donors (Lipinski definition) is 2. The Labute approximate surface area is 259 Å². The first kappa shape index (κ1) is 28.7. The number of halogens is 1. The fourth-order valence-corrected chi connectivity index (χ4v) is 7.00. The number of aromatic amines is 1. The Hall–Kier alpha value is -5.06. The maximum Gasteiger partial charge on any atom is 0.354 e. The van der Waals surface area contributed by atoms with Crippen molar-refractivity contribution in [3.05, 3.63) is 82.4 Å². The molecule has 2 atom stereocenters. The number of H-pyrrole nitrogens is 1. The van der Waals surface area contributed by atoms with Gasteiger partial charge < -0.3 is 15.1 Å². The number of nitrogens with one attached hydrogen (secondary N) is 2. The first-order valence-corrected chi connectivity index (χ1v) is 15.2. The van der Waals surface area contributed by atoms with E-state index < -0.39 is 11.5 Å². The van der Waals surface area contributed by atoms with Gasteiger partial charge in [0.05, 0.1) is 45.7 Å². The Bertz CT molecular complexity index is 2100. The lowest BCUT2D eigenvalue weighted by atomic mass is 9.94. The molecule has 5 heterocycles. The number of pyridine rings is 1. The summed E-state index contributed by atoms with van der Waals surface area (Å²) in [5, 5.41) is 11.9. The van der Waals surface area contributed by atoms with E-state index in [1.54, 1.807) is 27.9 Å². The fourth-order valence-electron chi connectivity index (χ4n) is 7.00. The van der Waals surface area contributed by atoms with Gasteiger partial charge in [-0.05, 0) is 67.7 Å². The minimum Gasteiger partial charge on any atom is -0.380 e. The van der Waals surface area contributed by atoms with E-state index in [2.05, 4.69) is 37.0 Å². The summed E-state index contributed by atoms with van der Waals surface area (Å²) in [6, 6.07) is 7.08. The standard InChI is InChI=1S/C34H35FN8O2/c1-7-26(44)41-16-21-13-37-31-28-25(12-22(29(31)35)27-18(4)8-9-24-23(27)14-38-40-24)43(32-19(5)10-11-36-30(32)17(2)3)34(45)39-33(28)42(21)15-20(41)6/h7-12,14,17,20-21,37H,1,13,15-16H2,2-6H3,(H,38,40). The Morgan fingerprint density at radius 3 is 2.73 bits per heavy atom. The van der Waals surface area contributed by atoms with Crippen LogP contribution in [-0.4, -0.2) is 67.3 Å². The van der Waals surface area contributed by atoms with Gasteiger partial charge in [0.15, 0.2) is 5.82 Å². The molecule has 5 aromatic rings. The summed E-state index contributed by atoms with van der Waals surface area (Å²) >= 11 is 0. The third-order valence-corrected chi connectivity index (χ3v) is 9.21. The van der Waals surface area contributed by atoms with Gasteiger partial charge >= 0.3 is 5.69 Å². The number of carbonyl (C=O) groups is 1. The molecular formula is C34H35FN8O2. The van der Waals surface area contributed by atoms with Crippen molar-refractivity contribution >= 4 is 39.2 Å². The molecule has 2 aliphatic rings. The maximum absolute atomic E-state index is 17.1. The highest BCUT2D eigenvalue weighted by molar-refractivity contribution is 6.07. The van der Waals surface area contributed by atoms with E-state index in [1.807, 2.05) is 52.8 Å². The van der Waals surface area contributed by atoms with Gasteiger partial charge in [0.25, 0.3) is 0 Å². The summed E-state index contributed by atoms with van der Waals surface area (Å²) in [7, 11) is 0. The Balaban J connectivity index is 1.59. The zero-order chi connectivity index (χ0) is 31.7. The van der Waals surface area contributed by atoms with Crippen molar-refractivity contribution in [3.8, 4) is 16.8 Å². The largest absolute Gasteiger partial charge is 0.380 e. The molecule has 2 aromatic carbocycles. The minimum atomic E-state index is -0.477. The van der Waals surface area contributed by atoms with Gasteiger partial charge in [-0.25, -0.2) is 9.18 Å². The monoisotopic (exact) mass is 606 g/mol. The summed E-state index contributed by atoms with van der Waals surface area (Å²) in [4.78, 5) is 40.2. The molecule has 0 bridgehead atoms. The SMILES string of the molecule is C=CC(=O)N1CC2CNc3c(F)c(-c4c(C)ccc5[nH]ncc45)cc4c3c(nc(=O)n4-c3c(C)ccnc3C(C)C)N2CC1C. The van der Waals surface area contributed by atoms with Gasteiger partial charge in [0, 0.05) is 42.8 Å². The summed E-state index contributed by atoms with van der Waals surface area (Å²) in [6.07, 6.45) is 4.76. The van der Waals surface area contributed by atoms with Crippen LogP contribution in [0.3, 0.4) is 0 Å². The van der Waals surface area contributed by atoms with E-state index in [9.17, 15) is 9.59 Å². The third-order valence-electron chi connectivity index (χ3n) is 9.21. The second-order valence-corrected chi connectivity index (χ2v) is 12.4. The minimum absolute atomic E-state index is 0.0114. The van der Waals surface area contributed by atoms with Crippen molar-refractivity contribution in [3.63, 3.8) is 0 Å². The normalized spacial score (nSPS) is 17.8. The second-order valence-electron chi connectivity index (χ2n) is 12.4. The zero-order valence-corrected chi connectivity index (χ0v) is 26.0. The van der Waals surface area contributed by atoms with Crippen molar-refractivity contribution in [1.29, 1.82) is 0 Å². The number of amides is 1. The molecule has 10 nitrogen and oxygen atoms in total. The van der Waals surface area contributed by atoms with Crippen molar-refractivity contribution in [2.24, 2.45) is 0 Å². The molecular weight excluding hydrogens is 571 g/mol. The topological polar surface area (TPSA) is 112 Å². The molecule has 2 N–H and O–H groups in total. The second kappa shape index (κ2) is 10.5. The fraction of sp³-hybridized carbons (Fsp3) is 0.324. The van der Waals surface area contributed by atoms with Gasteiger partial charge in [0.2, 0.25) is 5.91 Å². The first-order valence-electron chi connectivity index (χ1n) is 15.2.